The van der Waals surface area contributed by atoms with Crippen molar-refractivity contribution >= 4 is 17.6 Å². The van der Waals surface area contributed by atoms with E-state index >= 15 is 0 Å². The van der Waals surface area contributed by atoms with Gasteiger partial charge in [0.25, 0.3) is 5.56 Å². The van der Waals surface area contributed by atoms with E-state index in [9.17, 15) is 28.3 Å². The van der Waals surface area contributed by atoms with E-state index in [2.05, 4.69) is 10.1 Å². The largest absolute Gasteiger partial charge is 0.481 e. The third kappa shape index (κ3) is 2.83. The van der Waals surface area contributed by atoms with Crippen molar-refractivity contribution in [1.82, 2.24) is 14.8 Å². The van der Waals surface area contributed by atoms with Gasteiger partial charge in [-0.25, -0.2) is 13.5 Å². The Labute approximate surface area is 179 Å². The highest BCUT2D eigenvalue weighted by Crippen LogP contribution is 2.50. The number of aliphatic carboxylic acids is 1. The molecule has 1 atom stereocenters. The number of fused-ring (bicyclic) bond motifs is 6. The highest BCUT2D eigenvalue weighted by Gasteiger charge is 2.53. The molecule has 2 aliphatic rings. The molecule has 0 bridgehead atoms. The first-order chi connectivity index (χ1) is 15.3. The van der Waals surface area contributed by atoms with E-state index in [-0.39, 0.29) is 54.4 Å². The summed E-state index contributed by atoms with van der Waals surface area (Å²) < 4.78 is 29.6. The molecular weight excluding hydrogens is 422 g/mol. The van der Waals surface area contributed by atoms with Gasteiger partial charge in [0.15, 0.2) is 23.2 Å². The molecule has 2 aromatic carbocycles. The van der Waals surface area contributed by atoms with Crippen molar-refractivity contribution in [2.75, 3.05) is 4.90 Å². The molecule has 0 spiro atoms. The van der Waals surface area contributed by atoms with Gasteiger partial charge in [-0.1, -0.05) is 30.3 Å². The van der Waals surface area contributed by atoms with Crippen molar-refractivity contribution in [2.24, 2.45) is 0 Å². The second-order valence-electron chi connectivity index (χ2n) is 7.76. The maximum absolute atomic E-state index is 14.2. The number of hydrogen-bond donors (Lipinski definition) is 1. The molecule has 162 valence electrons. The highest BCUT2D eigenvalue weighted by molar-refractivity contribution is 6.01. The summed E-state index contributed by atoms with van der Waals surface area (Å²) in [6.07, 6.45) is -0.135. The molecule has 8 nitrogen and oxygen atoms in total. The smallest absolute Gasteiger partial charge is 0.303 e. The lowest BCUT2D eigenvalue weighted by Gasteiger charge is -2.44. The van der Waals surface area contributed by atoms with Gasteiger partial charge in [0.2, 0.25) is 5.91 Å². The molecule has 0 unspecified atom stereocenters. The minimum Gasteiger partial charge on any atom is -0.481 e. The molecule has 0 saturated carbocycles. The number of carbonyl (C=O) groups is 2. The number of amides is 1. The van der Waals surface area contributed by atoms with Crippen LogP contribution in [0.25, 0.3) is 22.6 Å². The Hall–Kier alpha value is -3.95. The van der Waals surface area contributed by atoms with Gasteiger partial charge in [0, 0.05) is 42.9 Å². The number of nitrogens with zero attached hydrogens (tertiary/aromatic N) is 4. The summed E-state index contributed by atoms with van der Waals surface area (Å²) in [5, 5.41) is 13.8. The van der Waals surface area contributed by atoms with Crippen LogP contribution < -0.4 is 10.5 Å². The molecular formula is C22H16F2N4O4. The fraction of sp³-hybridized carbons (Fsp3) is 0.227. The number of carbonyl (C=O) groups excluding carboxylic acids is 1. The van der Waals surface area contributed by atoms with Crippen LogP contribution in [-0.2, 0) is 15.3 Å². The van der Waals surface area contributed by atoms with Crippen molar-refractivity contribution < 1.29 is 23.5 Å². The van der Waals surface area contributed by atoms with Crippen molar-refractivity contribution in [3.63, 3.8) is 0 Å². The van der Waals surface area contributed by atoms with Gasteiger partial charge in [0.1, 0.15) is 5.66 Å². The van der Waals surface area contributed by atoms with Gasteiger partial charge in [-0.15, -0.1) is 0 Å². The Kier molecular flexibility index (Phi) is 4.40. The van der Waals surface area contributed by atoms with Gasteiger partial charge >= 0.3 is 5.97 Å². The first kappa shape index (κ1) is 20.0. The fourth-order valence-corrected chi connectivity index (χ4v) is 4.50. The zero-order valence-corrected chi connectivity index (χ0v) is 16.6. The van der Waals surface area contributed by atoms with E-state index in [0.29, 0.717) is 5.56 Å². The standard InChI is InChI=1S/C22H16F2N4O4/c23-14-10-13-16(11-15(14)24)27-17(29)6-8-22(27,9-7-18(30)31)28-20(13)25-21(32)19(26-28)12-4-2-1-3-5-12/h1-5,10-11H,6-9H2,(H,30,31)/t22-/m0/s1. The number of carboxylic acids is 1. The lowest BCUT2D eigenvalue weighted by molar-refractivity contribution is -0.137. The molecule has 1 aromatic heterocycles. The van der Waals surface area contributed by atoms with E-state index in [1.54, 1.807) is 30.3 Å². The van der Waals surface area contributed by atoms with Crippen molar-refractivity contribution in [1.29, 1.82) is 0 Å². The minimum absolute atomic E-state index is 0.00869. The Bertz CT molecular complexity index is 1340. The zero-order chi connectivity index (χ0) is 22.6. The van der Waals surface area contributed by atoms with E-state index in [4.69, 9.17) is 0 Å². The summed E-state index contributed by atoms with van der Waals surface area (Å²) in [4.78, 5) is 42.5. The summed E-state index contributed by atoms with van der Waals surface area (Å²) in [6.45, 7) is 0. The third-order valence-corrected chi connectivity index (χ3v) is 5.92. The van der Waals surface area contributed by atoms with Crippen LogP contribution in [0.1, 0.15) is 25.7 Å². The molecule has 1 N–H and O–H groups in total. The zero-order valence-electron chi connectivity index (χ0n) is 16.6. The number of aromatic nitrogens is 3. The predicted molar refractivity (Wildman–Crippen MR) is 109 cm³/mol. The minimum atomic E-state index is -1.31. The van der Waals surface area contributed by atoms with E-state index < -0.39 is 28.8 Å². The van der Waals surface area contributed by atoms with E-state index in [1.165, 1.54) is 9.58 Å². The van der Waals surface area contributed by atoms with Gasteiger partial charge < -0.3 is 5.11 Å². The van der Waals surface area contributed by atoms with Crippen molar-refractivity contribution in [3.8, 4) is 22.6 Å². The Balaban J connectivity index is 1.84. The lowest BCUT2D eigenvalue weighted by atomic mass is 9.95. The molecule has 1 fully saturated rings. The van der Waals surface area contributed by atoms with Gasteiger partial charge in [-0.3, -0.25) is 19.3 Å². The maximum atomic E-state index is 14.2. The summed E-state index contributed by atoms with van der Waals surface area (Å²) in [7, 11) is 0. The molecule has 10 heteroatoms. The molecule has 0 aliphatic carbocycles. The predicted octanol–water partition coefficient (Wildman–Crippen LogP) is 2.91. The molecule has 1 amide bonds. The van der Waals surface area contributed by atoms with Crippen molar-refractivity contribution in [2.45, 2.75) is 31.3 Å². The average Bonchev–Trinajstić information content (AvgIpc) is 3.11. The van der Waals surface area contributed by atoms with Crippen LogP contribution in [0.3, 0.4) is 0 Å². The Morgan fingerprint density at radius 2 is 1.84 bits per heavy atom. The third-order valence-electron chi connectivity index (χ3n) is 5.92. The second-order valence-corrected chi connectivity index (χ2v) is 7.76. The average molecular weight is 438 g/mol. The summed E-state index contributed by atoms with van der Waals surface area (Å²) >= 11 is 0. The van der Waals surface area contributed by atoms with Crippen LogP contribution in [0.4, 0.5) is 14.5 Å². The van der Waals surface area contributed by atoms with Crippen LogP contribution >= 0.6 is 0 Å². The molecule has 32 heavy (non-hydrogen) atoms. The first-order valence-electron chi connectivity index (χ1n) is 9.93. The quantitative estimate of drug-likeness (QED) is 0.672. The topological polar surface area (TPSA) is 105 Å². The molecule has 1 saturated heterocycles. The van der Waals surface area contributed by atoms with Crippen LogP contribution in [0.2, 0.25) is 0 Å². The Morgan fingerprint density at radius 3 is 2.56 bits per heavy atom. The highest BCUT2D eigenvalue weighted by atomic mass is 19.2. The van der Waals surface area contributed by atoms with Gasteiger partial charge in [0.05, 0.1) is 5.69 Å². The summed E-state index contributed by atoms with van der Waals surface area (Å²) in [5.41, 5.74) is -1.42. The van der Waals surface area contributed by atoms with Crippen LogP contribution in [-0.4, -0.2) is 31.7 Å². The van der Waals surface area contributed by atoms with Gasteiger partial charge in [-0.2, -0.15) is 10.1 Å². The van der Waals surface area contributed by atoms with E-state index in [1.807, 2.05) is 0 Å². The molecule has 3 aromatic rings. The molecule has 3 heterocycles. The van der Waals surface area contributed by atoms with Crippen LogP contribution in [0, 0.1) is 11.6 Å². The Morgan fingerprint density at radius 1 is 1.12 bits per heavy atom. The monoisotopic (exact) mass is 438 g/mol. The SMILES string of the molecule is O=C(O)CC[C@@]12CCC(=O)N1c1cc(F)c(F)cc1-c1nc(=O)c(-c3ccccc3)nn12. The number of carboxylic acid groups (broad SMARTS) is 1. The lowest BCUT2D eigenvalue weighted by Crippen LogP contribution is -2.53. The van der Waals surface area contributed by atoms with Gasteiger partial charge in [-0.05, 0) is 6.07 Å². The fourth-order valence-electron chi connectivity index (χ4n) is 4.50. The normalized spacial score (nSPS) is 18.8. The van der Waals surface area contributed by atoms with E-state index in [0.717, 1.165) is 12.1 Å². The van der Waals surface area contributed by atoms with Crippen LogP contribution in [0.15, 0.2) is 47.3 Å². The second kappa shape index (κ2) is 7.04. The molecule has 2 aliphatic heterocycles. The summed E-state index contributed by atoms with van der Waals surface area (Å²) in [5.74, 6) is -3.84. The maximum Gasteiger partial charge on any atom is 0.303 e. The summed E-state index contributed by atoms with van der Waals surface area (Å²) in [6, 6.07) is 10.3. The number of hydrogen-bond acceptors (Lipinski definition) is 5. The molecule has 5 rings (SSSR count). The number of rotatable bonds is 4. The number of halogens is 2. The van der Waals surface area contributed by atoms with Crippen molar-refractivity contribution in [3.05, 3.63) is 64.5 Å². The number of anilines is 1. The van der Waals surface area contributed by atoms with Crippen LogP contribution in [0.5, 0.6) is 0 Å². The molecule has 0 radical (unpaired) electrons. The first-order valence-corrected chi connectivity index (χ1v) is 9.93. The number of benzene rings is 2.